The smallest absolute Gasteiger partial charge is 0.359 e. The highest BCUT2D eigenvalue weighted by molar-refractivity contribution is 7.98. The van der Waals surface area contributed by atoms with E-state index < -0.39 is 10.8 Å². The molecule has 13 heteroatoms. The molecule has 0 aliphatic heterocycles. The molecule has 280 valence electrons. The molecule has 0 atom stereocenters. The number of phenolic OH excluding ortho intramolecular Hbond substituents is 1. The number of hydrogen-bond acceptors (Lipinski definition) is 9. The summed E-state index contributed by atoms with van der Waals surface area (Å²) in [4.78, 5) is 25.4. The first-order valence-corrected chi connectivity index (χ1v) is 19.5. The second kappa shape index (κ2) is 20.2. The number of thioether (sulfide) groups is 1. The predicted octanol–water partition coefficient (Wildman–Crippen LogP) is 9.81. The van der Waals surface area contributed by atoms with Crippen LogP contribution in [0, 0.1) is 10.1 Å². The van der Waals surface area contributed by atoms with Gasteiger partial charge in [0, 0.05) is 22.6 Å². The highest BCUT2D eigenvalue weighted by Crippen LogP contribution is 2.41. The number of H-pyrrole nitrogens is 1. The molecule has 5 rings (SSSR count). The fourth-order valence-electron chi connectivity index (χ4n) is 6.11. The highest BCUT2D eigenvalue weighted by Gasteiger charge is 2.23. The Labute approximate surface area is 314 Å². The summed E-state index contributed by atoms with van der Waals surface area (Å²) in [5.41, 5.74) is 0.864. The van der Waals surface area contributed by atoms with Crippen LogP contribution in [0.25, 0.3) is 10.8 Å². The summed E-state index contributed by atoms with van der Waals surface area (Å²) >= 11 is 1.37. The molecule has 0 spiro atoms. The van der Waals surface area contributed by atoms with Crippen LogP contribution in [-0.4, -0.2) is 38.1 Å². The van der Waals surface area contributed by atoms with Gasteiger partial charge < -0.3 is 19.9 Å². The number of unbranched alkanes of at least 4 members (excludes halogenated alkanes) is 11. The largest absolute Gasteiger partial charge is 0.506 e. The molecule has 0 saturated heterocycles. The summed E-state index contributed by atoms with van der Waals surface area (Å²) in [6.07, 6.45) is 15.1. The lowest BCUT2D eigenvalue weighted by Gasteiger charge is -2.16. The number of fused-ring (bicyclic) bond motifs is 1. The maximum atomic E-state index is 13.7. The third-order valence-electron chi connectivity index (χ3n) is 9.04. The quantitative estimate of drug-likeness (QED) is 0.0207. The van der Waals surface area contributed by atoms with Gasteiger partial charge in [0.1, 0.15) is 22.3 Å². The summed E-state index contributed by atoms with van der Waals surface area (Å²) in [5.74, 6) is 0.310. The minimum absolute atomic E-state index is 0.00510. The summed E-state index contributed by atoms with van der Waals surface area (Å²) in [6.45, 7) is 2.78. The zero-order valence-corrected chi connectivity index (χ0v) is 31.3. The Bertz CT molecular complexity index is 1970. The van der Waals surface area contributed by atoms with Crippen molar-refractivity contribution in [3.63, 3.8) is 0 Å². The molecule has 0 aliphatic rings. The Kier molecular flexibility index (Phi) is 14.9. The van der Waals surface area contributed by atoms with E-state index >= 15 is 0 Å². The predicted molar refractivity (Wildman–Crippen MR) is 207 cm³/mol. The maximum Gasteiger partial charge on any atom is 0.359 e. The average Bonchev–Trinajstić information content (AvgIpc) is 3.58. The fraction of sp³-hybridized carbons (Fsp3) is 0.400. The van der Waals surface area contributed by atoms with E-state index in [4.69, 9.17) is 9.47 Å². The Morgan fingerprint density at radius 2 is 1.53 bits per heavy atom. The zero-order chi connectivity index (χ0) is 37.4. The van der Waals surface area contributed by atoms with Gasteiger partial charge in [-0.05, 0) is 48.0 Å². The number of nitro groups is 1. The topological polar surface area (TPSA) is 156 Å². The minimum Gasteiger partial charge on any atom is -0.506 e. The van der Waals surface area contributed by atoms with E-state index in [1.165, 1.54) is 94.2 Å². The number of nitrogens with one attached hydrogen (secondary N) is 2. The van der Waals surface area contributed by atoms with Gasteiger partial charge in [-0.1, -0.05) is 125 Å². The van der Waals surface area contributed by atoms with Crippen molar-refractivity contribution in [3.05, 3.63) is 94.0 Å². The molecule has 0 aliphatic carbocycles. The summed E-state index contributed by atoms with van der Waals surface area (Å²) < 4.78 is 13.9. The second-order valence-electron chi connectivity index (χ2n) is 13.1. The number of rotatable bonds is 22. The molecule has 0 unspecified atom stereocenters. The van der Waals surface area contributed by atoms with E-state index in [2.05, 4.69) is 27.8 Å². The van der Waals surface area contributed by atoms with Crippen LogP contribution in [0.1, 0.15) is 99.9 Å². The zero-order valence-electron chi connectivity index (χ0n) is 30.5. The van der Waals surface area contributed by atoms with E-state index in [0.29, 0.717) is 45.3 Å². The van der Waals surface area contributed by atoms with Crippen molar-refractivity contribution in [2.75, 3.05) is 11.9 Å². The van der Waals surface area contributed by atoms with Crippen LogP contribution < -0.4 is 19.5 Å². The van der Waals surface area contributed by atoms with Crippen molar-refractivity contribution in [3.8, 4) is 23.0 Å². The Morgan fingerprint density at radius 1 is 0.868 bits per heavy atom. The first kappa shape index (κ1) is 39.0. The molecule has 1 amide bonds. The number of hydrogen-bond donors (Lipinski definition) is 3. The van der Waals surface area contributed by atoms with E-state index in [1.54, 1.807) is 60.3 Å². The first-order chi connectivity index (χ1) is 25.9. The third kappa shape index (κ3) is 11.2. The van der Waals surface area contributed by atoms with Gasteiger partial charge in [-0.25, -0.2) is 0 Å². The Morgan fingerprint density at radius 3 is 2.21 bits per heavy atom. The van der Waals surface area contributed by atoms with E-state index in [-0.39, 0.29) is 28.5 Å². The number of para-hydroxylation sites is 2. The average molecular weight is 742 g/mol. The summed E-state index contributed by atoms with van der Waals surface area (Å²) in [7, 11) is 1.77. The van der Waals surface area contributed by atoms with Crippen molar-refractivity contribution < 1.29 is 29.0 Å². The van der Waals surface area contributed by atoms with Crippen LogP contribution in [0.15, 0.2) is 78.0 Å². The number of nitrogens with zero attached hydrogens (tertiary/aromatic N) is 4. The number of amides is 1. The number of anilines is 1. The van der Waals surface area contributed by atoms with E-state index in [9.17, 15) is 20.0 Å². The summed E-state index contributed by atoms with van der Waals surface area (Å²) in [5, 5.41) is 38.2. The molecule has 0 bridgehead atoms. The molecular weight excluding hydrogens is 693 g/mol. The van der Waals surface area contributed by atoms with Crippen molar-refractivity contribution in [2.45, 2.75) is 94.9 Å². The van der Waals surface area contributed by atoms with Crippen molar-refractivity contribution in [1.82, 2.24) is 15.5 Å². The van der Waals surface area contributed by atoms with Gasteiger partial charge >= 0.3 is 10.8 Å². The third-order valence-corrected chi connectivity index (χ3v) is 10.1. The number of nitro benzene ring substituents is 1. The fourth-order valence-corrected chi connectivity index (χ4v) is 6.92. The van der Waals surface area contributed by atoms with Crippen molar-refractivity contribution in [2.24, 2.45) is 7.05 Å². The first-order valence-electron chi connectivity index (χ1n) is 18.5. The van der Waals surface area contributed by atoms with Crippen LogP contribution in [0.3, 0.4) is 0 Å². The van der Waals surface area contributed by atoms with Gasteiger partial charge in [0.15, 0.2) is 5.21 Å². The summed E-state index contributed by atoms with van der Waals surface area (Å²) in [6, 6.07) is 20.2. The number of ether oxygens (including phenoxy) is 2. The molecule has 1 heterocycles. The number of carbonyl (C=O) groups excluding carboxylic acids is 1. The van der Waals surface area contributed by atoms with Crippen LogP contribution in [0.5, 0.6) is 23.0 Å². The molecule has 4 aromatic carbocycles. The van der Waals surface area contributed by atoms with E-state index in [0.717, 1.165) is 12.8 Å². The van der Waals surface area contributed by atoms with Gasteiger partial charge in [-0.3, -0.25) is 14.9 Å². The number of phenols is 1. The van der Waals surface area contributed by atoms with Crippen molar-refractivity contribution >= 4 is 39.8 Å². The number of aromatic nitrogens is 4. The van der Waals surface area contributed by atoms with Crippen LogP contribution in [-0.2, 0) is 12.8 Å². The number of aryl methyl sites for hydroxylation is 1. The molecule has 0 radical (unpaired) electrons. The van der Waals surface area contributed by atoms with Crippen molar-refractivity contribution in [1.29, 1.82) is 0 Å². The normalized spacial score (nSPS) is 11.1. The number of aromatic amines is 1. The standard InChI is InChI=1S/C40H48N6O6S/c1-3-4-5-6-7-8-9-10-11-12-13-18-25-51-35-22-17-16-21-33(35)41-39(48)32-27-37(30-19-14-15-20-31(30)38(32)47)52-36-24-23-29(26-34(36)46(49)50)28-53-40-42-43-44-45(40)2/h14-17,19-24,26-27H,3-13,18,25,28H2,1-2H3,(H2,41,47,48)/p+1. The molecule has 53 heavy (non-hydrogen) atoms. The van der Waals surface area contributed by atoms with Gasteiger partial charge in [-0.2, -0.15) is 4.68 Å². The van der Waals surface area contributed by atoms with Crippen LogP contribution in [0.2, 0.25) is 0 Å². The van der Waals surface area contributed by atoms with Crippen LogP contribution >= 0.6 is 11.8 Å². The molecule has 0 fully saturated rings. The lowest BCUT2D eigenvalue weighted by atomic mass is 10.0. The number of carbonyl (C=O) groups is 1. The van der Waals surface area contributed by atoms with Gasteiger partial charge in [0.05, 0.1) is 29.8 Å². The molecule has 1 aromatic heterocycles. The molecule has 12 nitrogen and oxygen atoms in total. The number of aromatic hydroxyl groups is 1. The van der Waals surface area contributed by atoms with Gasteiger partial charge in [0.2, 0.25) is 5.75 Å². The molecule has 5 aromatic rings. The lowest BCUT2D eigenvalue weighted by Crippen LogP contribution is -2.32. The number of tetrazole rings is 1. The monoisotopic (exact) mass is 741 g/mol. The molecule has 0 saturated carbocycles. The Balaban J connectivity index is 1.22. The molecular formula is C40H49N6O6S+. The molecule has 3 N–H and O–H groups in total. The minimum atomic E-state index is -0.581. The van der Waals surface area contributed by atoms with E-state index in [1.807, 2.05) is 6.07 Å². The SMILES string of the molecule is CCCCCCCCCCCCCCOc1ccccc1NC(=O)c1cc(Oc2ccc(CSc3nn[nH][n+]3C)cc2[N+](=O)[O-])c2ccccc2c1O. The highest BCUT2D eigenvalue weighted by atomic mass is 32.2. The van der Waals surface area contributed by atoms with Crippen LogP contribution in [0.4, 0.5) is 11.4 Å². The lowest BCUT2D eigenvalue weighted by molar-refractivity contribution is -0.765. The van der Waals surface area contributed by atoms with Gasteiger partial charge in [0.25, 0.3) is 5.91 Å². The Hall–Kier alpha value is -5.17. The number of benzene rings is 4. The van der Waals surface area contributed by atoms with Gasteiger partial charge in [-0.15, -0.1) is 0 Å². The second-order valence-corrected chi connectivity index (χ2v) is 14.0. The maximum absolute atomic E-state index is 13.7.